The van der Waals surface area contributed by atoms with Crippen molar-refractivity contribution in [3.05, 3.63) is 57.2 Å². The molecule has 3 aromatic rings. The summed E-state index contributed by atoms with van der Waals surface area (Å²) in [4.78, 5) is 25.4. The summed E-state index contributed by atoms with van der Waals surface area (Å²) in [6, 6.07) is 10.2. The summed E-state index contributed by atoms with van der Waals surface area (Å²) in [6.07, 6.45) is 0. The van der Waals surface area contributed by atoms with Gasteiger partial charge in [-0.1, -0.05) is 29.8 Å². The van der Waals surface area contributed by atoms with Gasteiger partial charge >= 0.3 is 11.9 Å². The van der Waals surface area contributed by atoms with Crippen LogP contribution in [0.3, 0.4) is 0 Å². The summed E-state index contributed by atoms with van der Waals surface area (Å²) in [5.41, 5.74) is 0.676. The average molecular weight is 510 g/mol. The fraction of sp³-hybridized carbons (Fsp3) is 0.190. The molecule has 0 saturated carbocycles. The average Bonchev–Trinajstić information content (AvgIpc) is 3.19. The van der Waals surface area contributed by atoms with Crippen molar-refractivity contribution in [1.82, 2.24) is 9.78 Å². The number of esters is 2. The molecule has 0 bridgehead atoms. The molecule has 0 spiro atoms. The van der Waals surface area contributed by atoms with Crippen LogP contribution in [0.4, 0.5) is 0 Å². The molecule has 8 nitrogen and oxygen atoms in total. The summed E-state index contributed by atoms with van der Waals surface area (Å²) >= 11 is 9.61. The van der Waals surface area contributed by atoms with Gasteiger partial charge in [0.25, 0.3) is 0 Å². The second kappa shape index (κ2) is 9.40. The van der Waals surface area contributed by atoms with E-state index in [2.05, 4.69) is 21.0 Å². The van der Waals surface area contributed by atoms with Gasteiger partial charge in [-0.05, 0) is 41.1 Å². The molecule has 0 unspecified atom stereocenters. The van der Waals surface area contributed by atoms with E-state index in [-0.39, 0.29) is 44.6 Å². The fourth-order valence-corrected chi connectivity index (χ4v) is 3.66. The van der Waals surface area contributed by atoms with Gasteiger partial charge in [-0.2, -0.15) is 5.10 Å². The molecule has 162 valence electrons. The number of phenolic OH excluding ortho intramolecular Hbond substituents is 1. The van der Waals surface area contributed by atoms with Crippen LogP contribution >= 0.6 is 27.5 Å². The molecule has 0 atom stereocenters. The number of ether oxygens (including phenoxy) is 3. The lowest BCUT2D eigenvalue weighted by Gasteiger charge is -2.12. The molecule has 31 heavy (non-hydrogen) atoms. The maximum absolute atomic E-state index is 12.8. The normalized spacial score (nSPS) is 10.6. The second-order valence-corrected chi connectivity index (χ2v) is 7.31. The van der Waals surface area contributed by atoms with Crippen molar-refractivity contribution in [2.24, 2.45) is 0 Å². The molecule has 0 fully saturated rings. The molecule has 1 N–H and O–H groups in total. The van der Waals surface area contributed by atoms with Gasteiger partial charge in [-0.25, -0.2) is 14.3 Å². The Morgan fingerprint density at radius 1 is 1.16 bits per heavy atom. The molecule has 0 aliphatic rings. The number of hydrogen-bond donors (Lipinski definition) is 1. The Morgan fingerprint density at radius 2 is 1.81 bits per heavy atom. The van der Waals surface area contributed by atoms with Gasteiger partial charge in [0.1, 0.15) is 16.3 Å². The predicted octanol–water partition coefficient (Wildman–Crippen LogP) is 4.63. The standard InChI is InChI=1S/C21H18BrClN2O6/c1-4-31-13-10-12(15(22)16(23)19(13)26)17-14(20(27)29-2)18(21(28)30-3)25(24-17)11-8-6-5-7-9-11/h5-10,26H,4H2,1-3H3. The van der Waals surface area contributed by atoms with Crippen LogP contribution < -0.4 is 4.74 Å². The molecule has 0 aliphatic carbocycles. The molecule has 0 aliphatic heterocycles. The van der Waals surface area contributed by atoms with E-state index in [0.29, 0.717) is 11.3 Å². The summed E-state index contributed by atoms with van der Waals surface area (Å²) in [5.74, 6) is -1.76. The molecule has 3 rings (SSSR count). The van der Waals surface area contributed by atoms with Gasteiger partial charge in [0.15, 0.2) is 17.2 Å². The number of aromatic nitrogens is 2. The van der Waals surface area contributed by atoms with Gasteiger partial charge in [-0.15, -0.1) is 0 Å². The number of phenols is 1. The largest absolute Gasteiger partial charge is 0.503 e. The smallest absolute Gasteiger partial charge is 0.357 e. The van der Waals surface area contributed by atoms with Crippen molar-refractivity contribution in [2.45, 2.75) is 6.92 Å². The molecule has 1 aromatic heterocycles. The molecule has 10 heteroatoms. The van der Waals surface area contributed by atoms with E-state index >= 15 is 0 Å². The molecule has 0 amide bonds. The molecular formula is C21H18BrClN2O6. The third-order valence-corrected chi connectivity index (χ3v) is 5.78. The predicted molar refractivity (Wildman–Crippen MR) is 117 cm³/mol. The highest BCUT2D eigenvalue weighted by molar-refractivity contribution is 9.10. The van der Waals surface area contributed by atoms with Gasteiger partial charge in [0.2, 0.25) is 0 Å². The minimum atomic E-state index is -0.799. The van der Waals surface area contributed by atoms with Crippen molar-refractivity contribution in [1.29, 1.82) is 0 Å². The lowest BCUT2D eigenvalue weighted by Crippen LogP contribution is -2.15. The summed E-state index contributed by atoms with van der Waals surface area (Å²) in [7, 11) is 2.39. The summed E-state index contributed by atoms with van der Waals surface area (Å²) < 4.78 is 16.8. The number of nitrogens with zero attached hydrogens (tertiary/aromatic N) is 2. The number of hydrogen-bond acceptors (Lipinski definition) is 7. The number of carbonyl (C=O) groups is 2. The number of carbonyl (C=O) groups excluding carboxylic acids is 2. The lowest BCUT2D eigenvalue weighted by atomic mass is 10.0. The first-order valence-corrected chi connectivity index (χ1v) is 10.2. The van der Waals surface area contributed by atoms with E-state index in [4.69, 9.17) is 25.8 Å². The monoisotopic (exact) mass is 508 g/mol. The first kappa shape index (κ1) is 22.6. The second-order valence-electron chi connectivity index (χ2n) is 6.13. The van der Waals surface area contributed by atoms with Crippen LogP contribution in [0.25, 0.3) is 16.9 Å². The Morgan fingerprint density at radius 3 is 2.39 bits per heavy atom. The topological polar surface area (TPSA) is 99.9 Å². The van der Waals surface area contributed by atoms with Crippen LogP contribution in [0, 0.1) is 0 Å². The summed E-state index contributed by atoms with van der Waals surface area (Å²) in [6.45, 7) is 2.01. The quantitative estimate of drug-likeness (QED) is 0.484. The van der Waals surface area contributed by atoms with E-state index in [1.165, 1.54) is 25.0 Å². The van der Waals surface area contributed by atoms with Crippen molar-refractivity contribution >= 4 is 39.5 Å². The number of benzene rings is 2. The Bertz CT molecular complexity index is 1150. The van der Waals surface area contributed by atoms with Gasteiger partial charge in [0.05, 0.1) is 26.5 Å². The Labute approximate surface area is 191 Å². The van der Waals surface area contributed by atoms with Crippen molar-refractivity contribution < 1.29 is 28.9 Å². The zero-order chi connectivity index (χ0) is 22.7. The van der Waals surface area contributed by atoms with Gasteiger partial charge in [-0.3, -0.25) is 0 Å². The zero-order valence-corrected chi connectivity index (χ0v) is 19.2. The van der Waals surface area contributed by atoms with E-state index < -0.39 is 11.9 Å². The number of para-hydroxylation sites is 1. The van der Waals surface area contributed by atoms with Crippen molar-refractivity contribution in [2.75, 3.05) is 20.8 Å². The Hall–Kier alpha value is -3.04. The van der Waals surface area contributed by atoms with Crippen LogP contribution in [0.5, 0.6) is 11.5 Å². The third kappa shape index (κ3) is 4.11. The molecule has 2 aromatic carbocycles. The van der Waals surface area contributed by atoms with E-state index in [0.717, 1.165) is 0 Å². The number of halogens is 2. The highest BCUT2D eigenvalue weighted by Crippen LogP contribution is 2.46. The minimum absolute atomic E-state index is 0.0364. The maximum atomic E-state index is 12.8. The SMILES string of the molecule is CCOc1cc(-c2nn(-c3ccccc3)c(C(=O)OC)c2C(=O)OC)c(Br)c(Cl)c1O. The van der Waals surface area contributed by atoms with E-state index in [1.807, 2.05) is 0 Å². The highest BCUT2D eigenvalue weighted by Gasteiger charge is 2.33. The Kier molecular flexibility index (Phi) is 6.87. The highest BCUT2D eigenvalue weighted by atomic mass is 79.9. The number of methoxy groups -OCH3 is 2. The number of aromatic hydroxyl groups is 1. The van der Waals surface area contributed by atoms with Crippen LogP contribution in [0.1, 0.15) is 27.8 Å². The third-order valence-electron chi connectivity index (χ3n) is 4.36. The van der Waals surface area contributed by atoms with Crippen LogP contribution in [-0.4, -0.2) is 47.7 Å². The Balaban J connectivity index is 2.42. The van der Waals surface area contributed by atoms with Crippen LogP contribution in [-0.2, 0) is 9.47 Å². The molecule has 1 heterocycles. The lowest BCUT2D eigenvalue weighted by molar-refractivity contribution is 0.0549. The maximum Gasteiger partial charge on any atom is 0.357 e. The van der Waals surface area contributed by atoms with Gasteiger partial charge < -0.3 is 19.3 Å². The van der Waals surface area contributed by atoms with Crippen LogP contribution in [0.2, 0.25) is 5.02 Å². The first-order valence-electron chi connectivity index (χ1n) is 9.04. The van der Waals surface area contributed by atoms with E-state index in [9.17, 15) is 14.7 Å². The van der Waals surface area contributed by atoms with Crippen molar-refractivity contribution in [3.8, 4) is 28.4 Å². The minimum Gasteiger partial charge on any atom is -0.503 e. The molecule has 0 saturated heterocycles. The zero-order valence-electron chi connectivity index (χ0n) is 16.8. The fourth-order valence-electron chi connectivity index (χ4n) is 2.97. The molecular weight excluding hydrogens is 492 g/mol. The first-order chi connectivity index (χ1) is 14.8. The summed E-state index contributed by atoms with van der Waals surface area (Å²) in [5, 5.41) is 14.8. The van der Waals surface area contributed by atoms with Gasteiger partial charge in [0, 0.05) is 10.0 Å². The molecule has 0 radical (unpaired) electrons. The van der Waals surface area contributed by atoms with Crippen molar-refractivity contribution in [3.63, 3.8) is 0 Å². The van der Waals surface area contributed by atoms with E-state index in [1.54, 1.807) is 37.3 Å². The van der Waals surface area contributed by atoms with Crippen LogP contribution in [0.15, 0.2) is 40.9 Å². The number of rotatable bonds is 6.